The zero-order chi connectivity index (χ0) is 21.3. The zero-order valence-corrected chi connectivity index (χ0v) is 18.1. The standard InChI is InChI=1S/C23H27N3O3S/c1-26(2)18-9-7-16(8-10-18)20(21-14-24-22-6-4-3-5-19(21)22)13-25-23(27)17-11-12-30(28,29)15-17/h3-10,14,17,20,24H,11-13,15H2,1-2H3,(H,25,27)/t17-,20+/m0/s1. The molecule has 0 unspecified atom stereocenters. The van der Waals surface area contributed by atoms with Gasteiger partial charge < -0.3 is 15.2 Å². The number of hydrogen-bond donors (Lipinski definition) is 2. The Morgan fingerprint density at radius 3 is 2.57 bits per heavy atom. The van der Waals surface area contributed by atoms with Crippen molar-refractivity contribution < 1.29 is 13.2 Å². The number of carbonyl (C=O) groups excluding carboxylic acids is 1. The number of aromatic amines is 1. The van der Waals surface area contributed by atoms with Crippen LogP contribution in [0.1, 0.15) is 23.5 Å². The highest BCUT2D eigenvalue weighted by Gasteiger charge is 2.33. The zero-order valence-electron chi connectivity index (χ0n) is 17.3. The summed E-state index contributed by atoms with van der Waals surface area (Å²) in [5.74, 6) is -0.614. The molecule has 6 nitrogen and oxygen atoms in total. The molecule has 7 heteroatoms. The number of H-pyrrole nitrogens is 1. The predicted molar refractivity (Wildman–Crippen MR) is 121 cm³/mol. The smallest absolute Gasteiger partial charge is 0.224 e. The average Bonchev–Trinajstić information content (AvgIpc) is 3.32. The molecule has 2 N–H and O–H groups in total. The molecule has 2 heterocycles. The predicted octanol–water partition coefficient (Wildman–Crippen LogP) is 2.92. The van der Waals surface area contributed by atoms with Gasteiger partial charge in [-0.05, 0) is 35.7 Å². The van der Waals surface area contributed by atoms with Gasteiger partial charge in [0.25, 0.3) is 0 Å². The van der Waals surface area contributed by atoms with Crippen molar-refractivity contribution in [1.82, 2.24) is 10.3 Å². The Labute approximate surface area is 177 Å². The minimum atomic E-state index is -3.09. The molecule has 0 aliphatic carbocycles. The number of nitrogens with one attached hydrogen (secondary N) is 2. The summed E-state index contributed by atoms with van der Waals surface area (Å²) in [5.41, 5.74) is 4.37. The Balaban J connectivity index is 1.61. The van der Waals surface area contributed by atoms with E-state index >= 15 is 0 Å². The van der Waals surface area contributed by atoms with Gasteiger partial charge >= 0.3 is 0 Å². The first kappa shape index (κ1) is 20.5. The van der Waals surface area contributed by atoms with Crippen LogP contribution in [0.5, 0.6) is 0 Å². The molecule has 30 heavy (non-hydrogen) atoms. The first-order chi connectivity index (χ1) is 14.3. The highest BCUT2D eigenvalue weighted by atomic mass is 32.2. The monoisotopic (exact) mass is 425 g/mol. The fraction of sp³-hybridized carbons (Fsp3) is 0.348. The van der Waals surface area contributed by atoms with Gasteiger partial charge in [0.1, 0.15) is 0 Å². The van der Waals surface area contributed by atoms with E-state index in [0.717, 1.165) is 27.7 Å². The highest BCUT2D eigenvalue weighted by Crippen LogP contribution is 2.31. The number of anilines is 1. The molecule has 0 radical (unpaired) electrons. The largest absolute Gasteiger partial charge is 0.378 e. The number of sulfone groups is 1. The fourth-order valence-electron chi connectivity index (χ4n) is 4.14. The van der Waals surface area contributed by atoms with E-state index < -0.39 is 15.8 Å². The molecule has 1 aliphatic heterocycles. The van der Waals surface area contributed by atoms with Crippen molar-refractivity contribution >= 4 is 32.3 Å². The lowest BCUT2D eigenvalue weighted by molar-refractivity contribution is -0.124. The van der Waals surface area contributed by atoms with Gasteiger partial charge in [0.2, 0.25) is 5.91 Å². The normalized spacial score (nSPS) is 18.9. The van der Waals surface area contributed by atoms with Gasteiger partial charge in [-0.1, -0.05) is 30.3 Å². The van der Waals surface area contributed by atoms with Crippen LogP contribution < -0.4 is 10.2 Å². The number of amides is 1. The Hall–Kier alpha value is -2.80. The van der Waals surface area contributed by atoms with Gasteiger partial charge in [0, 0.05) is 49.3 Å². The molecule has 0 saturated carbocycles. The van der Waals surface area contributed by atoms with E-state index in [9.17, 15) is 13.2 Å². The van der Waals surface area contributed by atoms with Gasteiger partial charge in [-0.25, -0.2) is 8.42 Å². The maximum absolute atomic E-state index is 12.7. The van der Waals surface area contributed by atoms with Crippen molar-refractivity contribution in [3.05, 3.63) is 65.9 Å². The topological polar surface area (TPSA) is 82.3 Å². The van der Waals surface area contributed by atoms with Crippen LogP contribution in [-0.4, -0.2) is 51.5 Å². The number of hydrogen-bond acceptors (Lipinski definition) is 4. The van der Waals surface area contributed by atoms with Crippen LogP contribution in [0.3, 0.4) is 0 Å². The number of aromatic nitrogens is 1. The Morgan fingerprint density at radius 2 is 1.90 bits per heavy atom. The van der Waals surface area contributed by atoms with Crippen LogP contribution in [-0.2, 0) is 14.6 Å². The van der Waals surface area contributed by atoms with Crippen molar-refractivity contribution in [3.8, 4) is 0 Å². The number of fused-ring (bicyclic) bond motifs is 1. The maximum Gasteiger partial charge on any atom is 0.224 e. The third-order valence-electron chi connectivity index (χ3n) is 5.89. The molecule has 2 atom stereocenters. The van der Waals surface area contributed by atoms with Gasteiger partial charge in [0.15, 0.2) is 9.84 Å². The van der Waals surface area contributed by atoms with Gasteiger partial charge in [0.05, 0.1) is 17.4 Å². The molecule has 1 aromatic heterocycles. The van der Waals surface area contributed by atoms with Crippen molar-refractivity contribution in [3.63, 3.8) is 0 Å². The first-order valence-electron chi connectivity index (χ1n) is 10.2. The number of benzene rings is 2. The summed E-state index contributed by atoms with van der Waals surface area (Å²) in [6.07, 6.45) is 2.41. The Bertz CT molecular complexity index is 1150. The number of rotatable bonds is 6. The van der Waals surface area contributed by atoms with Crippen LogP contribution in [0.15, 0.2) is 54.7 Å². The lowest BCUT2D eigenvalue weighted by Crippen LogP contribution is -2.34. The molecule has 1 amide bonds. The third-order valence-corrected chi connectivity index (χ3v) is 7.66. The second kappa shape index (κ2) is 8.14. The van der Waals surface area contributed by atoms with E-state index in [0.29, 0.717) is 13.0 Å². The third kappa shape index (κ3) is 4.21. The van der Waals surface area contributed by atoms with Crippen LogP contribution in [0.2, 0.25) is 0 Å². The minimum Gasteiger partial charge on any atom is -0.378 e. The highest BCUT2D eigenvalue weighted by molar-refractivity contribution is 7.91. The van der Waals surface area contributed by atoms with Crippen molar-refractivity contribution in [2.45, 2.75) is 12.3 Å². The van der Waals surface area contributed by atoms with E-state index in [4.69, 9.17) is 0 Å². The summed E-state index contributed by atoms with van der Waals surface area (Å²) < 4.78 is 23.5. The molecular weight excluding hydrogens is 398 g/mol. The SMILES string of the molecule is CN(C)c1ccc([C@@H](CNC(=O)[C@H]2CCS(=O)(=O)C2)c2c[nH]c3ccccc23)cc1. The lowest BCUT2D eigenvalue weighted by Gasteiger charge is -2.21. The average molecular weight is 426 g/mol. The molecule has 0 bridgehead atoms. The van der Waals surface area contributed by atoms with Crippen LogP contribution in [0, 0.1) is 5.92 Å². The van der Waals surface area contributed by atoms with E-state index in [1.165, 1.54) is 0 Å². The summed E-state index contributed by atoms with van der Waals surface area (Å²) in [7, 11) is 0.917. The summed E-state index contributed by atoms with van der Waals surface area (Å²) in [6.45, 7) is 0.415. The van der Waals surface area contributed by atoms with E-state index in [1.54, 1.807) is 0 Å². The minimum absolute atomic E-state index is 0.0423. The quantitative estimate of drug-likeness (QED) is 0.636. The molecule has 1 aliphatic rings. The summed E-state index contributed by atoms with van der Waals surface area (Å²) in [6, 6.07) is 16.4. The second-order valence-electron chi connectivity index (χ2n) is 8.17. The molecule has 1 fully saturated rings. The van der Waals surface area contributed by atoms with Gasteiger partial charge in [-0.2, -0.15) is 0 Å². The van der Waals surface area contributed by atoms with Crippen molar-refractivity contribution in [2.75, 3.05) is 37.0 Å². The molecule has 158 valence electrons. The maximum atomic E-state index is 12.7. The molecule has 2 aromatic carbocycles. The van der Waals surface area contributed by atoms with E-state index in [1.807, 2.05) is 43.4 Å². The molecule has 4 rings (SSSR count). The van der Waals surface area contributed by atoms with Crippen LogP contribution in [0.4, 0.5) is 5.69 Å². The van der Waals surface area contributed by atoms with Gasteiger partial charge in [-0.3, -0.25) is 4.79 Å². The van der Waals surface area contributed by atoms with Crippen LogP contribution in [0.25, 0.3) is 10.9 Å². The molecule has 1 saturated heterocycles. The van der Waals surface area contributed by atoms with E-state index in [-0.39, 0.29) is 23.3 Å². The Morgan fingerprint density at radius 1 is 1.17 bits per heavy atom. The molecule has 0 spiro atoms. The number of para-hydroxylation sites is 1. The lowest BCUT2D eigenvalue weighted by atomic mass is 9.90. The van der Waals surface area contributed by atoms with Crippen molar-refractivity contribution in [1.29, 1.82) is 0 Å². The Kier molecular flexibility index (Phi) is 5.56. The fourth-order valence-corrected chi connectivity index (χ4v) is 5.88. The second-order valence-corrected chi connectivity index (χ2v) is 10.4. The summed E-state index contributed by atoms with van der Waals surface area (Å²) >= 11 is 0. The van der Waals surface area contributed by atoms with Crippen LogP contribution >= 0.6 is 0 Å². The number of nitrogens with zero attached hydrogens (tertiary/aromatic N) is 1. The van der Waals surface area contributed by atoms with Gasteiger partial charge in [-0.15, -0.1) is 0 Å². The molecular formula is C23H27N3O3S. The van der Waals surface area contributed by atoms with E-state index in [2.05, 4.69) is 40.6 Å². The number of carbonyl (C=O) groups is 1. The summed E-state index contributed by atoms with van der Waals surface area (Å²) in [5, 5.41) is 4.15. The molecule has 3 aromatic rings. The van der Waals surface area contributed by atoms with Crippen molar-refractivity contribution in [2.24, 2.45) is 5.92 Å². The summed E-state index contributed by atoms with van der Waals surface area (Å²) in [4.78, 5) is 18.0. The first-order valence-corrected chi connectivity index (χ1v) is 12.0.